The van der Waals surface area contributed by atoms with Crippen molar-refractivity contribution in [1.82, 2.24) is 14.8 Å². The average molecular weight is 416 g/mol. The molecule has 0 spiro atoms. The fourth-order valence-corrected chi connectivity index (χ4v) is 4.44. The maximum atomic E-state index is 13.6. The number of pyridine rings is 1. The van der Waals surface area contributed by atoms with Crippen molar-refractivity contribution in [3.63, 3.8) is 0 Å². The van der Waals surface area contributed by atoms with E-state index in [4.69, 9.17) is 16.9 Å². The second-order valence-corrected chi connectivity index (χ2v) is 8.08. The van der Waals surface area contributed by atoms with E-state index in [-0.39, 0.29) is 25.4 Å². The normalized spacial score (nSPS) is 23.3. The van der Waals surface area contributed by atoms with Crippen LogP contribution in [0.1, 0.15) is 19.3 Å². The number of nitrogens with zero attached hydrogens (tertiary/aromatic N) is 4. The van der Waals surface area contributed by atoms with Crippen LogP contribution in [0.25, 0.3) is 10.8 Å². The van der Waals surface area contributed by atoms with Crippen molar-refractivity contribution in [2.75, 3.05) is 31.5 Å². The predicted octanol–water partition coefficient (Wildman–Crippen LogP) is 3.23. The molecule has 1 aromatic carbocycles. The number of nitrogens with one attached hydrogen (secondary N) is 1. The van der Waals surface area contributed by atoms with Crippen molar-refractivity contribution in [2.45, 2.75) is 37.5 Å². The number of alkyl halides is 1. The number of hydrogen-bond donors (Lipinski definition) is 1. The third-order valence-electron chi connectivity index (χ3n) is 5.78. The summed E-state index contributed by atoms with van der Waals surface area (Å²) in [5.74, 6) is -0.153. The summed E-state index contributed by atoms with van der Waals surface area (Å²) in [6.07, 6.45) is 2.53. The van der Waals surface area contributed by atoms with Crippen LogP contribution in [0.4, 0.5) is 10.1 Å². The van der Waals surface area contributed by atoms with Gasteiger partial charge in [-0.2, -0.15) is 5.26 Å². The van der Waals surface area contributed by atoms with Crippen molar-refractivity contribution in [3.05, 3.63) is 35.6 Å². The third-order valence-corrected chi connectivity index (χ3v) is 6.08. The maximum Gasteiger partial charge on any atom is 0.237 e. The Morgan fingerprint density at radius 1 is 1.31 bits per heavy atom. The fourth-order valence-electron chi connectivity index (χ4n) is 4.22. The zero-order valence-electron chi connectivity index (χ0n) is 16.0. The molecule has 0 unspecified atom stereocenters. The molecular weight excluding hydrogens is 393 g/mol. The fraction of sp³-hybridized carbons (Fsp3) is 0.476. The summed E-state index contributed by atoms with van der Waals surface area (Å²) in [5.41, 5.74) is 1.03. The van der Waals surface area contributed by atoms with Crippen molar-refractivity contribution in [3.8, 4) is 6.07 Å². The molecule has 2 aromatic rings. The molecular formula is C21H23ClFN5O. The van der Waals surface area contributed by atoms with E-state index in [0.717, 1.165) is 42.4 Å². The predicted molar refractivity (Wildman–Crippen MR) is 110 cm³/mol. The number of halogens is 2. The number of nitriles is 1. The Bertz CT molecular complexity index is 940. The molecule has 0 aliphatic carbocycles. The molecule has 2 aliphatic heterocycles. The van der Waals surface area contributed by atoms with Crippen LogP contribution < -0.4 is 5.32 Å². The maximum absolute atomic E-state index is 13.6. The number of carbonyl (C=O) groups is 1. The van der Waals surface area contributed by atoms with Crippen LogP contribution in [0.2, 0.25) is 5.15 Å². The Hall–Kier alpha value is -2.43. The summed E-state index contributed by atoms with van der Waals surface area (Å²) in [6, 6.07) is 9.62. The third kappa shape index (κ3) is 4.29. The van der Waals surface area contributed by atoms with E-state index in [1.54, 1.807) is 6.20 Å². The van der Waals surface area contributed by atoms with Gasteiger partial charge in [-0.05, 0) is 25.0 Å². The van der Waals surface area contributed by atoms with Gasteiger partial charge < -0.3 is 10.2 Å². The molecule has 4 rings (SSSR count). The molecule has 2 fully saturated rings. The molecule has 0 saturated carbocycles. The number of fused-ring (bicyclic) bond motifs is 1. The second kappa shape index (κ2) is 8.52. The lowest BCUT2D eigenvalue weighted by Crippen LogP contribution is -2.46. The minimum Gasteiger partial charge on any atom is -0.382 e. The Morgan fingerprint density at radius 3 is 2.86 bits per heavy atom. The molecule has 2 saturated heterocycles. The first-order valence-electron chi connectivity index (χ1n) is 9.90. The van der Waals surface area contributed by atoms with Gasteiger partial charge in [0.05, 0.1) is 19.2 Å². The van der Waals surface area contributed by atoms with E-state index in [1.165, 1.54) is 4.90 Å². The molecule has 152 valence electrons. The van der Waals surface area contributed by atoms with Crippen LogP contribution in [0.5, 0.6) is 0 Å². The number of rotatable bonds is 4. The van der Waals surface area contributed by atoms with Gasteiger partial charge in [-0.1, -0.05) is 23.7 Å². The van der Waals surface area contributed by atoms with Gasteiger partial charge in [0.1, 0.15) is 17.4 Å². The van der Waals surface area contributed by atoms with E-state index in [9.17, 15) is 9.18 Å². The minimum atomic E-state index is -1.09. The topological polar surface area (TPSA) is 72.3 Å². The Kier molecular flexibility index (Phi) is 5.84. The molecule has 1 aromatic heterocycles. The van der Waals surface area contributed by atoms with Crippen LogP contribution in [0.3, 0.4) is 0 Å². The molecule has 2 atom stereocenters. The van der Waals surface area contributed by atoms with Crippen LogP contribution in [0.15, 0.2) is 30.5 Å². The van der Waals surface area contributed by atoms with E-state index >= 15 is 0 Å². The van der Waals surface area contributed by atoms with Gasteiger partial charge in [-0.15, -0.1) is 0 Å². The van der Waals surface area contributed by atoms with Crippen LogP contribution in [-0.2, 0) is 4.79 Å². The first kappa shape index (κ1) is 19.9. The summed E-state index contributed by atoms with van der Waals surface area (Å²) in [5, 5.41) is 15.2. The van der Waals surface area contributed by atoms with E-state index in [0.29, 0.717) is 11.2 Å². The molecule has 3 heterocycles. The zero-order chi connectivity index (χ0) is 20.4. The highest BCUT2D eigenvalue weighted by atomic mass is 35.5. The number of carbonyl (C=O) groups excluding carboxylic acids is 1. The number of hydrogen-bond acceptors (Lipinski definition) is 5. The number of piperidine rings is 1. The quantitative estimate of drug-likeness (QED) is 0.776. The van der Waals surface area contributed by atoms with Crippen LogP contribution in [0, 0.1) is 11.3 Å². The highest BCUT2D eigenvalue weighted by Crippen LogP contribution is 2.29. The van der Waals surface area contributed by atoms with Crippen molar-refractivity contribution < 1.29 is 9.18 Å². The van der Waals surface area contributed by atoms with Crippen LogP contribution >= 0.6 is 11.6 Å². The molecule has 1 N–H and O–H groups in total. The summed E-state index contributed by atoms with van der Waals surface area (Å²) >= 11 is 6.20. The van der Waals surface area contributed by atoms with Gasteiger partial charge >= 0.3 is 0 Å². The summed E-state index contributed by atoms with van der Waals surface area (Å²) < 4.78 is 13.6. The second-order valence-electron chi connectivity index (χ2n) is 7.72. The molecule has 2 aliphatic rings. The molecule has 8 heteroatoms. The van der Waals surface area contributed by atoms with Gasteiger partial charge in [-0.25, -0.2) is 9.37 Å². The Morgan fingerprint density at radius 2 is 2.10 bits per heavy atom. The Balaban J connectivity index is 1.33. The Labute approximate surface area is 174 Å². The standard InChI is InChI=1S/C21H23ClFN5O/c22-21-18-2-1-3-19(17(18)4-7-25-21)26-15-5-8-27(9-6-15)13-20(29)28-12-14(23)10-16(28)11-24/h1-4,7,14-16,26H,5-6,8-10,12-13H2/t14-,16-/m0/s1. The van der Waals surface area contributed by atoms with Gasteiger partial charge in [0, 0.05) is 48.2 Å². The first-order chi connectivity index (χ1) is 14.0. The first-order valence-corrected chi connectivity index (χ1v) is 10.3. The van der Waals surface area contributed by atoms with E-state index < -0.39 is 12.2 Å². The highest BCUT2D eigenvalue weighted by molar-refractivity contribution is 6.34. The number of likely N-dealkylation sites (tertiary alicyclic amines) is 2. The minimum absolute atomic E-state index is 0.0353. The monoisotopic (exact) mass is 415 g/mol. The lowest BCUT2D eigenvalue weighted by molar-refractivity contribution is -0.132. The van der Waals surface area contributed by atoms with Gasteiger partial charge in [0.2, 0.25) is 5.91 Å². The lowest BCUT2D eigenvalue weighted by atomic mass is 10.0. The number of amides is 1. The van der Waals surface area contributed by atoms with Gasteiger partial charge in [0.25, 0.3) is 0 Å². The zero-order valence-corrected chi connectivity index (χ0v) is 16.8. The summed E-state index contributed by atoms with van der Waals surface area (Å²) in [7, 11) is 0. The van der Waals surface area contributed by atoms with Crippen molar-refractivity contribution in [1.29, 1.82) is 5.26 Å². The van der Waals surface area contributed by atoms with Crippen molar-refractivity contribution >= 4 is 34.0 Å². The number of benzene rings is 1. The summed E-state index contributed by atoms with van der Waals surface area (Å²) in [6.45, 7) is 1.84. The van der Waals surface area contributed by atoms with Gasteiger partial charge in [0.15, 0.2) is 0 Å². The lowest BCUT2D eigenvalue weighted by Gasteiger charge is -2.33. The molecule has 6 nitrogen and oxygen atoms in total. The van der Waals surface area contributed by atoms with Crippen molar-refractivity contribution in [2.24, 2.45) is 0 Å². The molecule has 1 amide bonds. The number of aromatic nitrogens is 1. The number of anilines is 1. The average Bonchev–Trinajstić information content (AvgIpc) is 3.11. The highest BCUT2D eigenvalue weighted by Gasteiger charge is 2.36. The van der Waals surface area contributed by atoms with Crippen LogP contribution in [-0.4, -0.2) is 65.1 Å². The summed E-state index contributed by atoms with van der Waals surface area (Å²) in [4.78, 5) is 20.1. The molecule has 0 radical (unpaired) electrons. The van der Waals surface area contributed by atoms with E-state index in [1.807, 2.05) is 30.3 Å². The molecule has 29 heavy (non-hydrogen) atoms. The van der Waals surface area contributed by atoms with Gasteiger partial charge in [-0.3, -0.25) is 9.69 Å². The largest absolute Gasteiger partial charge is 0.382 e. The van der Waals surface area contributed by atoms with E-state index in [2.05, 4.69) is 15.2 Å². The smallest absolute Gasteiger partial charge is 0.237 e. The SMILES string of the molecule is N#C[C@@H]1C[C@H](F)CN1C(=O)CN1CCC(Nc2cccc3c(Cl)nccc23)CC1. The molecule has 0 bridgehead atoms.